The number of benzene rings is 2. The van der Waals surface area contributed by atoms with E-state index in [-0.39, 0.29) is 17.9 Å². The van der Waals surface area contributed by atoms with Gasteiger partial charge in [-0.1, -0.05) is 59.8 Å². The van der Waals surface area contributed by atoms with Gasteiger partial charge in [-0.05, 0) is 43.4 Å². The van der Waals surface area contributed by atoms with E-state index in [1.165, 1.54) is 5.56 Å². The first-order valence-corrected chi connectivity index (χ1v) is 11.0. The number of hydrogen-bond donors (Lipinski definition) is 4. The summed E-state index contributed by atoms with van der Waals surface area (Å²) in [6, 6.07) is 16.4. The fourth-order valence-corrected chi connectivity index (χ4v) is 4.00. The van der Waals surface area contributed by atoms with Crippen LogP contribution in [0.15, 0.2) is 63.9 Å². The van der Waals surface area contributed by atoms with Gasteiger partial charge >= 0.3 is 5.76 Å². The van der Waals surface area contributed by atoms with Gasteiger partial charge in [0.05, 0.1) is 6.04 Å². The van der Waals surface area contributed by atoms with Crippen LogP contribution in [-0.2, 0) is 16.1 Å². The molecule has 33 heavy (non-hydrogen) atoms. The quantitative estimate of drug-likeness (QED) is 0.434. The summed E-state index contributed by atoms with van der Waals surface area (Å²) in [4.78, 5) is 38.8. The van der Waals surface area contributed by atoms with Crippen molar-refractivity contribution in [3.05, 3.63) is 76.3 Å². The number of piperidine rings is 1. The molecule has 4 rings (SSSR count). The van der Waals surface area contributed by atoms with Gasteiger partial charge in [-0.3, -0.25) is 19.1 Å². The number of nitrogens with zero attached hydrogens (tertiary/aromatic N) is 1. The van der Waals surface area contributed by atoms with Crippen LogP contribution in [0.25, 0.3) is 11.4 Å². The van der Waals surface area contributed by atoms with E-state index in [4.69, 9.17) is 0 Å². The topological polar surface area (TPSA) is 129 Å². The molecule has 1 fully saturated rings. The van der Waals surface area contributed by atoms with Gasteiger partial charge in [0, 0.05) is 12.1 Å². The zero-order chi connectivity index (χ0) is 23.2. The molecule has 2 amide bonds. The average molecular weight is 450 g/mol. The van der Waals surface area contributed by atoms with Crippen molar-refractivity contribution in [3.8, 4) is 11.4 Å². The summed E-state index contributed by atoms with van der Waals surface area (Å²) in [6.45, 7) is 2.75. The third-order valence-corrected chi connectivity index (χ3v) is 5.88. The number of rotatable bonds is 7. The molecule has 0 saturated carbocycles. The molecule has 4 N–H and O–H groups in total. The Labute approximate surface area is 191 Å². The predicted molar refractivity (Wildman–Crippen MR) is 122 cm³/mol. The Morgan fingerprint density at radius 1 is 1.15 bits per heavy atom. The molecule has 3 aromatic rings. The van der Waals surface area contributed by atoms with Gasteiger partial charge in [0.1, 0.15) is 6.04 Å². The van der Waals surface area contributed by atoms with Crippen molar-refractivity contribution in [1.82, 2.24) is 26.1 Å². The highest BCUT2D eigenvalue weighted by atomic mass is 16.5. The van der Waals surface area contributed by atoms with Crippen molar-refractivity contribution in [2.24, 2.45) is 0 Å². The molecule has 1 aromatic heterocycles. The first-order chi connectivity index (χ1) is 16.0. The lowest BCUT2D eigenvalue weighted by atomic mass is 9.86. The van der Waals surface area contributed by atoms with E-state index in [0.29, 0.717) is 30.3 Å². The smallest absolute Gasteiger partial charge is 0.350 e. The monoisotopic (exact) mass is 449 g/mol. The highest BCUT2D eigenvalue weighted by Gasteiger charge is 2.29. The number of aromatic nitrogens is 2. The van der Waals surface area contributed by atoms with E-state index in [0.717, 1.165) is 18.5 Å². The van der Waals surface area contributed by atoms with E-state index in [1.54, 1.807) is 19.1 Å². The normalized spacial score (nSPS) is 18.9. The number of hydrogen-bond acceptors (Lipinski definition) is 6. The molecule has 0 unspecified atom stereocenters. The number of amides is 2. The molecular weight excluding hydrogens is 422 g/mol. The molecule has 2 heterocycles. The number of nitrogens with one attached hydrogen (secondary N) is 4. The first-order valence-electron chi connectivity index (χ1n) is 11.0. The molecule has 172 valence electrons. The Morgan fingerprint density at radius 3 is 2.61 bits per heavy atom. The first kappa shape index (κ1) is 22.5. The lowest BCUT2D eigenvalue weighted by Gasteiger charge is -2.30. The average Bonchev–Trinajstić information content (AvgIpc) is 3.29. The van der Waals surface area contributed by atoms with Crippen LogP contribution in [-0.4, -0.2) is 40.6 Å². The van der Waals surface area contributed by atoms with Gasteiger partial charge in [-0.2, -0.15) is 0 Å². The molecule has 1 aliphatic heterocycles. The zero-order valence-corrected chi connectivity index (χ0v) is 18.3. The van der Waals surface area contributed by atoms with Crippen molar-refractivity contribution >= 4 is 11.8 Å². The zero-order valence-electron chi connectivity index (χ0n) is 18.3. The van der Waals surface area contributed by atoms with E-state index < -0.39 is 11.8 Å². The Balaban J connectivity index is 1.26. The Hall–Kier alpha value is -3.72. The van der Waals surface area contributed by atoms with Gasteiger partial charge < -0.3 is 16.0 Å². The summed E-state index contributed by atoms with van der Waals surface area (Å²) in [5.74, 6) is -0.368. The van der Waals surface area contributed by atoms with E-state index in [2.05, 4.69) is 42.7 Å². The van der Waals surface area contributed by atoms with Crippen LogP contribution < -0.4 is 21.7 Å². The van der Waals surface area contributed by atoms with Crippen LogP contribution in [0, 0.1) is 0 Å². The Morgan fingerprint density at radius 2 is 1.91 bits per heavy atom. The highest BCUT2D eigenvalue weighted by molar-refractivity contribution is 5.89. The van der Waals surface area contributed by atoms with Crippen molar-refractivity contribution in [2.45, 2.75) is 44.3 Å². The van der Waals surface area contributed by atoms with Crippen LogP contribution in [0.1, 0.15) is 36.8 Å². The number of aromatic amines is 1. The van der Waals surface area contributed by atoms with Crippen LogP contribution in [0.5, 0.6) is 0 Å². The lowest BCUT2D eigenvalue weighted by molar-refractivity contribution is -0.130. The minimum Gasteiger partial charge on any atom is -0.350 e. The van der Waals surface area contributed by atoms with Crippen LogP contribution in [0.4, 0.5) is 0 Å². The highest BCUT2D eigenvalue weighted by Crippen LogP contribution is 2.27. The maximum atomic E-state index is 12.7. The van der Waals surface area contributed by atoms with Crippen molar-refractivity contribution < 1.29 is 14.1 Å². The van der Waals surface area contributed by atoms with Crippen LogP contribution >= 0.6 is 0 Å². The Bertz CT molecular complexity index is 1140. The largest absolute Gasteiger partial charge is 0.439 e. The number of carbonyl (C=O) groups is 2. The lowest BCUT2D eigenvalue weighted by Crippen LogP contribution is -2.53. The van der Waals surface area contributed by atoms with E-state index in [1.807, 2.05) is 30.3 Å². The van der Waals surface area contributed by atoms with Crippen molar-refractivity contribution in [2.75, 3.05) is 6.54 Å². The summed E-state index contributed by atoms with van der Waals surface area (Å²) in [5, 5.41) is 12.6. The standard InChI is InChI=1S/C24H27N5O4/c1-15(27-23(31)20-13-19(11-12-25-20)17-5-3-2-4-6-17)22(30)26-14-16-7-9-18(10-8-16)21-28-24(32)33-29-21/h2-10,15,19-20,25H,11-14H2,1H3,(H,26,30)(H,27,31)(H,28,29,32)/t15-,19-,20+/m0/s1. The SMILES string of the molecule is C[C@H](NC(=O)[C@H]1C[C@@H](c2ccccc2)CCN1)C(=O)NCc1ccc(-c2noc(=O)[nH]2)cc1. The molecule has 1 saturated heterocycles. The third-order valence-electron chi connectivity index (χ3n) is 5.88. The Kier molecular flexibility index (Phi) is 6.99. The maximum absolute atomic E-state index is 12.7. The van der Waals surface area contributed by atoms with Gasteiger partial charge in [0.25, 0.3) is 0 Å². The fourth-order valence-electron chi connectivity index (χ4n) is 4.00. The summed E-state index contributed by atoms with van der Waals surface area (Å²) in [5.41, 5.74) is 2.81. The second kappa shape index (κ2) is 10.3. The van der Waals surface area contributed by atoms with Gasteiger partial charge in [-0.15, -0.1) is 0 Å². The van der Waals surface area contributed by atoms with Gasteiger partial charge in [0.15, 0.2) is 5.82 Å². The molecular formula is C24H27N5O4. The van der Waals surface area contributed by atoms with Crippen LogP contribution in [0.3, 0.4) is 0 Å². The van der Waals surface area contributed by atoms with Crippen LogP contribution in [0.2, 0.25) is 0 Å². The summed E-state index contributed by atoms with van der Waals surface area (Å²) in [7, 11) is 0. The molecule has 0 bridgehead atoms. The molecule has 0 radical (unpaired) electrons. The van der Waals surface area contributed by atoms with Crippen molar-refractivity contribution in [3.63, 3.8) is 0 Å². The summed E-state index contributed by atoms with van der Waals surface area (Å²) >= 11 is 0. The molecule has 3 atom stereocenters. The predicted octanol–water partition coefficient (Wildman–Crippen LogP) is 1.69. The molecule has 1 aliphatic rings. The van der Waals surface area contributed by atoms with E-state index >= 15 is 0 Å². The van der Waals surface area contributed by atoms with Gasteiger partial charge in [0.2, 0.25) is 11.8 Å². The van der Waals surface area contributed by atoms with E-state index in [9.17, 15) is 14.4 Å². The molecule has 9 heteroatoms. The van der Waals surface area contributed by atoms with Crippen molar-refractivity contribution in [1.29, 1.82) is 0 Å². The second-order valence-corrected chi connectivity index (χ2v) is 8.23. The van der Waals surface area contributed by atoms with Gasteiger partial charge in [-0.25, -0.2) is 4.79 Å². The summed E-state index contributed by atoms with van der Waals surface area (Å²) < 4.78 is 4.50. The molecule has 0 aliphatic carbocycles. The minimum absolute atomic E-state index is 0.163. The third kappa shape index (κ3) is 5.75. The summed E-state index contributed by atoms with van der Waals surface area (Å²) in [6.07, 6.45) is 1.68. The second-order valence-electron chi connectivity index (χ2n) is 8.23. The molecule has 0 spiro atoms. The number of H-pyrrole nitrogens is 1. The maximum Gasteiger partial charge on any atom is 0.439 e. The molecule has 2 aromatic carbocycles. The minimum atomic E-state index is -0.657. The molecule has 9 nitrogen and oxygen atoms in total. The fraction of sp³-hybridized carbons (Fsp3) is 0.333. The number of carbonyl (C=O) groups excluding carboxylic acids is 2.